The van der Waals surface area contributed by atoms with Gasteiger partial charge in [-0.3, -0.25) is 9.69 Å². The van der Waals surface area contributed by atoms with Gasteiger partial charge < -0.3 is 9.84 Å². The van der Waals surface area contributed by atoms with Crippen LogP contribution in [-0.2, 0) is 17.9 Å². The molecular formula is C18H23N3O2. The zero-order chi connectivity index (χ0) is 16.2. The third-order valence-electron chi connectivity index (χ3n) is 4.51. The average molecular weight is 313 g/mol. The van der Waals surface area contributed by atoms with Crippen LogP contribution in [0.5, 0.6) is 0 Å². The SMILES string of the molecule is Cc1noc(C)c1CNC(=O)C1CCN(Cc2ccccc2)C1. The van der Waals surface area contributed by atoms with E-state index in [1.807, 2.05) is 19.9 Å². The van der Waals surface area contributed by atoms with Crippen molar-refractivity contribution in [2.75, 3.05) is 13.1 Å². The molecule has 0 spiro atoms. The monoisotopic (exact) mass is 313 g/mol. The van der Waals surface area contributed by atoms with Gasteiger partial charge in [-0.2, -0.15) is 0 Å². The van der Waals surface area contributed by atoms with Gasteiger partial charge in [-0.15, -0.1) is 0 Å². The number of hydrogen-bond donors (Lipinski definition) is 1. The summed E-state index contributed by atoms with van der Waals surface area (Å²) in [5.74, 6) is 0.972. The predicted octanol–water partition coefficient (Wildman–Crippen LogP) is 2.43. The number of carbonyl (C=O) groups excluding carboxylic acids is 1. The summed E-state index contributed by atoms with van der Waals surface area (Å²) in [5, 5.41) is 6.94. The average Bonchev–Trinajstić information content (AvgIpc) is 3.14. The Balaban J connectivity index is 1.49. The van der Waals surface area contributed by atoms with Gasteiger partial charge in [-0.05, 0) is 32.4 Å². The van der Waals surface area contributed by atoms with E-state index in [4.69, 9.17) is 4.52 Å². The smallest absolute Gasteiger partial charge is 0.224 e. The molecule has 3 rings (SSSR count). The lowest BCUT2D eigenvalue weighted by molar-refractivity contribution is -0.124. The number of amides is 1. The van der Waals surface area contributed by atoms with Gasteiger partial charge in [-0.25, -0.2) is 0 Å². The molecule has 1 amide bonds. The highest BCUT2D eigenvalue weighted by Gasteiger charge is 2.28. The first-order chi connectivity index (χ1) is 11.1. The van der Waals surface area contributed by atoms with Crippen molar-refractivity contribution >= 4 is 5.91 Å². The van der Waals surface area contributed by atoms with E-state index in [-0.39, 0.29) is 11.8 Å². The largest absolute Gasteiger partial charge is 0.361 e. The van der Waals surface area contributed by atoms with Crippen LogP contribution in [0.15, 0.2) is 34.9 Å². The van der Waals surface area contributed by atoms with Crippen LogP contribution in [0.4, 0.5) is 0 Å². The summed E-state index contributed by atoms with van der Waals surface area (Å²) in [7, 11) is 0. The van der Waals surface area contributed by atoms with Crippen molar-refractivity contribution in [1.82, 2.24) is 15.4 Å². The minimum absolute atomic E-state index is 0.0687. The van der Waals surface area contributed by atoms with Crippen LogP contribution in [-0.4, -0.2) is 29.1 Å². The zero-order valence-electron chi connectivity index (χ0n) is 13.7. The Hall–Kier alpha value is -2.14. The maximum absolute atomic E-state index is 12.4. The number of likely N-dealkylation sites (tertiary alicyclic amines) is 1. The number of benzene rings is 1. The number of aromatic nitrogens is 1. The molecule has 2 aromatic rings. The van der Waals surface area contributed by atoms with Crippen LogP contribution in [0, 0.1) is 19.8 Å². The van der Waals surface area contributed by atoms with E-state index in [2.05, 4.69) is 39.6 Å². The van der Waals surface area contributed by atoms with Crippen molar-refractivity contribution in [2.45, 2.75) is 33.4 Å². The fourth-order valence-corrected chi connectivity index (χ4v) is 3.11. The number of hydrogen-bond acceptors (Lipinski definition) is 4. The highest BCUT2D eigenvalue weighted by atomic mass is 16.5. The molecule has 0 aliphatic carbocycles. The minimum atomic E-state index is 0.0687. The van der Waals surface area contributed by atoms with Crippen molar-refractivity contribution in [2.24, 2.45) is 5.92 Å². The Morgan fingerprint density at radius 3 is 2.83 bits per heavy atom. The second kappa shape index (κ2) is 6.96. The number of rotatable bonds is 5. The molecule has 1 atom stereocenters. The highest BCUT2D eigenvalue weighted by molar-refractivity contribution is 5.79. The van der Waals surface area contributed by atoms with Crippen LogP contribution in [0.1, 0.15) is 29.0 Å². The number of aryl methyl sites for hydroxylation is 2. The zero-order valence-corrected chi connectivity index (χ0v) is 13.7. The molecule has 5 heteroatoms. The Labute approximate surface area is 136 Å². The summed E-state index contributed by atoms with van der Waals surface area (Å²) in [4.78, 5) is 14.7. The quantitative estimate of drug-likeness (QED) is 0.921. The standard InChI is InChI=1S/C18H23N3O2/c1-13-17(14(2)23-20-13)10-19-18(22)16-8-9-21(12-16)11-15-6-4-3-5-7-15/h3-7,16H,8-12H2,1-2H3,(H,19,22). The summed E-state index contributed by atoms with van der Waals surface area (Å²) in [6.45, 7) is 6.97. The van der Waals surface area contributed by atoms with Gasteiger partial charge in [0.15, 0.2) is 0 Å². The van der Waals surface area contributed by atoms with E-state index in [0.717, 1.165) is 43.1 Å². The Kier molecular flexibility index (Phi) is 4.76. The first kappa shape index (κ1) is 15.7. The third-order valence-corrected chi connectivity index (χ3v) is 4.51. The van der Waals surface area contributed by atoms with Crippen LogP contribution >= 0.6 is 0 Å². The second-order valence-corrected chi connectivity index (χ2v) is 6.23. The second-order valence-electron chi connectivity index (χ2n) is 6.23. The fraction of sp³-hybridized carbons (Fsp3) is 0.444. The lowest BCUT2D eigenvalue weighted by atomic mass is 10.1. The van der Waals surface area contributed by atoms with E-state index in [1.165, 1.54) is 5.56 Å². The minimum Gasteiger partial charge on any atom is -0.361 e. The molecule has 2 heterocycles. The molecule has 0 saturated carbocycles. The van der Waals surface area contributed by atoms with Crippen molar-refractivity contribution < 1.29 is 9.32 Å². The van der Waals surface area contributed by atoms with Gasteiger partial charge in [0.05, 0.1) is 11.6 Å². The van der Waals surface area contributed by atoms with Crippen LogP contribution in [0.3, 0.4) is 0 Å². The molecule has 1 aliphatic heterocycles. The Bertz CT molecular complexity index is 647. The summed E-state index contributed by atoms with van der Waals surface area (Å²) in [6, 6.07) is 10.4. The lowest BCUT2D eigenvalue weighted by Gasteiger charge is -2.16. The van der Waals surface area contributed by atoms with Crippen molar-refractivity contribution in [3.8, 4) is 0 Å². The van der Waals surface area contributed by atoms with Crippen LogP contribution < -0.4 is 5.32 Å². The van der Waals surface area contributed by atoms with Gasteiger partial charge in [0, 0.05) is 25.2 Å². The fourth-order valence-electron chi connectivity index (χ4n) is 3.11. The van der Waals surface area contributed by atoms with Crippen molar-refractivity contribution in [1.29, 1.82) is 0 Å². The Morgan fingerprint density at radius 1 is 1.35 bits per heavy atom. The van der Waals surface area contributed by atoms with Crippen LogP contribution in [0.25, 0.3) is 0 Å². The van der Waals surface area contributed by atoms with E-state index in [0.29, 0.717) is 6.54 Å². The summed E-state index contributed by atoms with van der Waals surface area (Å²) < 4.78 is 5.13. The first-order valence-corrected chi connectivity index (χ1v) is 8.09. The molecule has 1 unspecified atom stereocenters. The maximum Gasteiger partial charge on any atom is 0.224 e. The van der Waals surface area contributed by atoms with Crippen LogP contribution in [0.2, 0.25) is 0 Å². The van der Waals surface area contributed by atoms with Gasteiger partial charge in [0.25, 0.3) is 0 Å². The van der Waals surface area contributed by atoms with E-state index in [9.17, 15) is 4.79 Å². The number of nitrogens with one attached hydrogen (secondary N) is 1. The van der Waals surface area contributed by atoms with Gasteiger partial charge in [0.1, 0.15) is 5.76 Å². The molecule has 122 valence electrons. The van der Waals surface area contributed by atoms with Gasteiger partial charge in [0.2, 0.25) is 5.91 Å². The molecule has 1 aromatic heterocycles. The van der Waals surface area contributed by atoms with Gasteiger partial charge >= 0.3 is 0 Å². The normalized spacial score (nSPS) is 18.3. The molecule has 1 aliphatic rings. The molecule has 1 fully saturated rings. The molecular weight excluding hydrogens is 290 g/mol. The summed E-state index contributed by atoms with van der Waals surface area (Å²) >= 11 is 0. The lowest BCUT2D eigenvalue weighted by Crippen LogP contribution is -2.32. The number of carbonyl (C=O) groups is 1. The highest BCUT2D eigenvalue weighted by Crippen LogP contribution is 2.19. The Morgan fingerprint density at radius 2 is 2.13 bits per heavy atom. The predicted molar refractivity (Wildman–Crippen MR) is 87.6 cm³/mol. The topological polar surface area (TPSA) is 58.4 Å². The number of nitrogens with zero attached hydrogens (tertiary/aromatic N) is 2. The molecule has 0 radical (unpaired) electrons. The van der Waals surface area contributed by atoms with E-state index in [1.54, 1.807) is 0 Å². The van der Waals surface area contributed by atoms with E-state index < -0.39 is 0 Å². The molecule has 1 aromatic carbocycles. The molecule has 1 N–H and O–H groups in total. The third kappa shape index (κ3) is 3.79. The molecule has 1 saturated heterocycles. The first-order valence-electron chi connectivity index (χ1n) is 8.09. The van der Waals surface area contributed by atoms with Crippen molar-refractivity contribution in [3.05, 3.63) is 52.9 Å². The summed E-state index contributed by atoms with van der Waals surface area (Å²) in [6.07, 6.45) is 0.917. The van der Waals surface area contributed by atoms with Gasteiger partial charge in [-0.1, -0.05) is 35.5 Å². The molecule has 23 heavy (non-hydrogen) atoms. The maximum atomic E-state index is 12.4. The summed E-state index contributed by atoms with van der Waals surface area (Å²) in [5.41, 5.74) is 3.13. The van der Waals surface area contributed by atoms with E-state index >= 15 is 0 Å². The molecule has 5 nitrogen and oxygen atoms in total. The van der Waals surface area contributed by atoms with Crippen molar-refractivity contribution in [3.63, 3.8) is 0 Å². The molecule has 0 bridgehead atoms.